The SMILES string of the molecule is CCOC(c1noc(C2(N)CCC2)n1)C1CCCCC1. The fourth-order valence-corrected chi connectivity index (χ4v) is 3.36. The maximum absolute atomic E-state index is 6.25. The molecule has 5 heteroatoms. The van der Waals surface area contributed by atoms with Crippen LogP contribution < -0.4 is 5.73 Å². The first kappa shape index (κ1) is 14.0. The quantitative estimate of drug-likeness (QED) is 0.896. The Labute approximate surface area is 120 Å². The van der Waals surface area contributed by atoms with E-state index in [9.17, 15) is 0 Å². The maximum Gasteiger partial charge on any atom is 0.246 e. The van der Waals surface area contributed by atoms with Crippen LogP contribution in [0, 0.1) is 5.92 Å². The molecule has 2 aliphatic rings. The first-order valence-corrected chi connectivity index (χ1v) is 7.97. The van der Waals surface area contributed by atoms with E-state index < -0.39 is 0 Å². The van der Waals surface area contributed by atoms with E-state index in [0.717, 1.165) is 19.3 Å². The van der Waals surface area contributed by atoms with Gasteiger partial charge < -0.3 is 15.0 Å². The predicted octanol–water partition coefficient (Wildman–Crippen LogP) is 3.07. The molecule has 1 heterocycles. The molecule has 2 N–H and O–H groups in total. The minimum Gasteiger partial charge on any atom is -0.370 e. The molecule has 0 saturated heterocycles. The van der Waals surface area contributed by atoms with E-state index in [1.165, 1.54) is 32.1 Å². The van der Waals surface area contributed by atoms with E-state index in [4.69, 9.17) is 15.0 Å². The van der Waals surface area contributed by atoms with E-state index in [-0.39, 0.29) is 11.6 Å². The van der Waals surface area contributed by atoms with Gasteiger partial charge in [-0.05, 0) is 44.9 Å². The van der Waals surface area contributed by atoms with Crippen LogP contribution in [-0.4, -0.2) is 16.7 Å². The molecule has 0 aromatic carbocycles. The average molecular weight is 279 g/mol. The normalized spacial score (nSPS) is 24.3. The maximum atomic E-state index is 6.25. The highest BCUT2D eigenvalue weighted by molar-refractivity contribution is 5.08. The van der Waals surface area contributed by atoms with Gasteiger partial charge in [0.05, 0.1) is 5.54 Å². The second-order valence-electron chi connectivity index (χ2n) is 6.24. The molecule has 2 fully saturated rings. The van der Waals surface area contributed by atoms with Gasteiger partial charge in [0.2, 0.25) is 11.7 Å². The number of ether oxygens (including phenoxy) is 1. The van der Waals surface area contributed by atoms with Gasteiger partial charge in [0, 0.05) is 6.61 Å². The Hall–Kier alpha value is -0.940. The summed E-state index contributed by atoms with van der Waals surface area (Å²) in [4.78, 5) is 4.57. The van der Waals surface area contributed by atoms with Gasteiger partial charge >= 0.3 is 0 Å². The lowest BCUT2D eigenvalue weighted by Crippen LogP contribution is -2.43. The van der Waals surface area contributed by atoms with Gasteiger partial charge in [-0.15, -0.1) is 0 Å². The van der Waals surface area contributed by atoms with Crippen LogP contribution in [0.5, 0.6) is 0 Å². The molecule has 5 nitrogen and oxygen atoms in total. The molecule has 2 saturated carbocycles. The Bertz CT molecular complexity index is 436. The molecular weight excluding hydrogens is 254 g/mol. The summed E-state index contributed by atoms with van der Waals surface area (Å²) in [5.74, 6) is 1.81. The molecule has 0 radical (unpaired) electrons. The average Bonchev–Trinajstić information content (AvgIpc) is 2.93. The molecular formula is C15H25N3O2. The summed E-state index contributed by atoms with van der Waals surface area (Å²) >= 11 is 0. The summed E-state index contributed by atoms with van der Waals surface area (Å²) in [6.45, 7) is 2.70. The molecule has 1 unspecified atom stereocenters. The number of nitrogens with zero attached hydrogens (tertiary/aromatic N) is 2. The zero-order valence-electron chi connectivity index (χ0n) is 12.3. The Kier molecular flexibility index (Phi) is 4.08. The largest absolute Gasteiger partial charge is 0.370 e. The molecule has 1 aromatic heterocycles. The Balaban J connectivity index is 1.76. The van der Waals surface area contributed by atoms with E-state index in [0.29, 0.717) is 24.2 Å². The van der Waals surface area contributed by atoms with E-state index in [1.807, 2.05) is 6.92 Å². The third-order valence-electron chi connectivity index (χ3n) is 4.79. The molecule has 0 bridgehead atoms. The van der Waals surface area contributed by atoms with Gasteiger partial charge in [-0.2, -0.15) is 4.98 Å². The van der Waals surface area contributed by atoms with Crippen LogP contribution in [0.2, 0.25) is 0 Å². The summed E-state index contributed by atoms with van der Waals surface area (Å²) in [5, 5.41) is 4.17. The minimum atomic E-state index is -0.380. The zero-order valence-corrected chi connectivity index (χ0v) is 12.3. The van der Waals surface area contributed by atoms with Crippen LogP contribution >= 0.6 is 0 Å². The lowest BCUT2D eigenvalue weighted by atomic mass is 9.77. The van der Waals surface area contributed by atoms with Crippen molar-refractivity contribution in [1.82, 2.24) is 10.1 Å². The molecule has 1 atom stereocenters. The van der Waals surface area contributed by atoms with Gasteiger partial charge in [0.15, 0.2) is 0 Å². The monoisotopic (exact) mass is 279 g/mol. The molecule has 3 rings (SSSR count). The Morgan fingerprint density at radius 3 is 2.65 bits per heavy atom. The van der Waals surface area contributed by atoms with Gasteiger partial charge in [-0.25, -0.2) is 0 Å². The van der Waals surface area contributed by atoms with Crippen molar-refractivity contribution in [2.45, 2.75) is 69.9 Å². The highest BCUT2D eigenvalue weighted by Gasteiger charge is 2.41. The lowest BCUT2D eigenvalue weighted by molar-refractivity contribution is -0.00145. The predicted molar refractivity (Wildman–Crippen MR) is 75.0 cm³/mol. The van der Waals surface area contributed by atoms with E-state index >= 15 is 0 Å². The van der Waals surface area contributed by atoms with Crippen LogP contribution in [0.1, 0.15) is 76.1 Å². The smallest absolute Gasteiger partial charge is 0.246 e. The molecule has 1 aromatic rings. The van der Waals surface area contributed by atoms with Crippen molar-refractivity contribution in [3.05, 3.63) is 11.7 Å². The fraction of sp³-hybridized carbons (Fsp3) is 0.867. The summed E-state index contributed by atoms with van der Waals surface area (Å²) in [6.07, 6.45) is 9.28. The van der Waals surface area contributed by atoms with Crippen LogP contribution in [0.15, 0.2) is 4.52 Å². The van der Waals surface area contributed by atoms with Crippen LogP contribution in [-0.2, 0) is 10.3 Å². The van der Waals surface area contributed by atoms with Gasteiger partial charge in [-0.1, -0.05) is 24.4 Å². The number of nitrogens with two attached hydrogens (primary N) is 1. The third-order valence-corrected chi connectivity index (χ3v) is 4.79. The van der Waals surface area contributed by atoms with E-state index in [2.05, 4.69) is 10.1 Å². The fourth-order valence-electron chi connectivity index (χ4n) is 3.36. The van der Waals surface area contributed by atoms with Gasteiger partial charge in [0.25, 0.3) is 0 Å². The molecule has 0 amide bonds. The first-order valence-electron chi connectivity index (χ1n) is 7.97. The second kappa shape index (κ2) is 5.82. The number of rotatable bonds is 5. The highest BCUT2D eigenvalue weighted by Crippen LogP contribution is 2.40. The van der Waals surface area contributed by atoms with Gasteiger partial charge in [0.1, 0.15) is 6.10 Å². The number of aromatic nitrogens is 2. The third kappa shape index (κ3) is 2.61. The minimum absolute atomic E-state index is 0.0264. The Morgan fingerprint density at radius 2 is 2.05 bits per heavy atom. The first-order chi connectivity index (χ1) is 9.73. The topological polar surface area (TPSA) is 74.2 Å². The molecule has 0 aliphatic heterocycles. The molecule has 2 aliphatic carbocycles. The summed E-state index contributed by atoms with van der Waals surface area (Å²) in [7, 11) is 0. The van der Waals surface area contributed by atoms with Crippen LogP contribution in [0.25, 0.3) is 0 Å². The van der Waals surface area contributed by atoms with Crippen molar-refractivity contribution in [1.29, 1.82) is 0 Å². The van der Waals surface area contributed by atoms with Crippen molar-refractivity contribution >= 4 is 0 Å². The van der Waals surface area contributed by atoms with Crippen molar-refractivity contribution in [2.24, 2.45) is 11.7 Å². The summed E-state index contributed by atoms with van der Waals surface area (Å²) in [5.41, 5.74) is 5.87. The zero-order chi connectivity index (χ0) is 14.0. The molecule has 0 spiro atoms. The summed E-state index contributed by atoms with van der Waals surface area (Å²) in [6, 6.07) is 0. The lowest BCUT2D eigenvalue weighted by Gasteiger charge is -2.33. The second-order valence-corrected chi connectivity index (χ2v) is 6.24. The van der Waals surface area contributed by atoms with Crippen LogP contribution in [0.4, 0.5) is 0 Å². The standard InChI is InChI=1S/C15H25N3O2/c1-2-19-12(11-7-4-3-5-8-11)13-17-14(20-18-13)15(16)9-6-10-15/h11-12H,2-10,16H2,1H3. The molecule has 112 valence electrons. The van der Waals surface area contributed by atoms with E-state index in [1.54, 1.807) is 0 Å². The molecule has 20 heavy (non-hydrogen) atoms. The van der Waals surface area contributed by atoms with Crippen molar-refractivity contribution in [3.63, 3.8) is 0 Å². The number of hydrogen-bond acceptors (Lipinski definition) is 5. The number of hydrogen-bond donors (Lipinski definition) is 1. The van der Waals surface area contributed by atoms with Crippen LogP contribution in [0.3, 0.4) is 0 Å². The van der Waals surface area contributed by atoms with Crippen molar-refractivity contribution < 1.29 is 9.26 Å². The summed E-state index contributed by atoms with van der Waals surface area (Å²) < 4.78 is 11.3. The highest BCUT2D eigenvalue weighted by atomic mass is 16.5. The van der Waals surface area contributed by atoms with Crippen molar-refractivity contribution in [3.8, 4) is 0 Å². The Morgan fingerprint density at radius 1 is 1.30 bits per heavy atom. The van der Waals surface area contributed by atoms with Crippen molar-refractivity contribution in [2.75, 3.05) is 6.61 Å². The van der Waals surface area contributed by atoms with Gasteiger partial charge in [-0.3, -0.25) is 0 Å².